The average Bonchev–Trinajstić information content (AvgIpc) is 4.32. The van der Waals surface area contributed by atoms with Gasteiger partial charge in [-0.1, -0.05) is 68.8 Å². The van der Waals surface area contributed by atoms with Crippen molar-refractivity contribution in [1.82, 2.24) is 45.3 Å². The van der Waals surface area contributed by atoms with E-state index in [9.17, 15) is 37.4 Å². The van der Waals surface area contributed by atoms with Crippen molar-refractivity contribution in [1.29, 1.82) is 0 Å². The van der Waals surface area contributed by atoms with Crippen molar-refractivity contribution in [2.75, 3.05) is 81.3 Å². The molecule has 18 nitrogen and oxygen atoms in total. The Morgan fingerprint density at radius 3 is 2.30 bits per heavy atom. The third-order valence-corrected chi connectivity index (χ3v) is 18.1. The molecule has 4 aliphatic rings. The molecule has 3 amide bonds. The molecule has 10 rings (SSSR count). The number of aromatic amines is 1. The summed E-state index contributed by atoms with van der Waals surface area (Å²) in [5, 5.41) is 17.9. The summed E-state index contributed by atoms with van der Waals surface area (Å²) in [4.78, 5) is 76.9. The van der Waals surface area contributed by atoms with Crippen molar-refractivity contribution >= 4 is 80.1 Å². The third kappa shape index (κ3) is 13.0. The highest BCUT2D eigenvalue weighted by Crippen LogP contribution is 2.38. The van der Waals surface area contributed by atoms with Crippen molar-refractivity contribution in [2.24, 2.45) is 11.3 Å². The van der Waals surface area contributed by atoms with Gasteiger partial charge in [0.05, 0.1) is 62.8 Å². The number of β-amino-alcohol motifs (C(OH)–C–C–N with tert-alkyl or cyclic N) is 1. The first kappa shape index (κ1) is 58.0. The number of anilines is 2. The summed E-state index contributed by atoms with van der Waals surface area (Å²) in [5.41, 5.74) is 6.51. The van der Waals surface area contributed by atoms with Gasteiger partial charge < -0.3 is 35.1 Å². The van der Waals surface area contributed by atoms with Gasteiger partial charge in [-0.15, -0.1) is 11.3 Å². The summed E-state index contributed by atoms with van der Waals surface area (Å²) >= 11 is 5.27. The zero-order valence-corrected chi connectivity index (χ0v) is 48.1. The number of hydrogen-bond acceptors (Lipinski definition) is 14. The first-order valence-electron chi connectivity index (χ1n) is 27.4. The number of benzene rings is 3. The fraction of sp³-hybridized carbons (Fsp3) is 0.448. The number of alkyl halides is 1. The van der Waals surface area contributed by atoms with E-state index in [0.29, 0.717) is 17.0 Å². The molecule has 0 bridgehead atoms. The number of likely N-dealkylation sites (tertiary alicyclic amines) is 2. The number of amides is 3. The highest BCUT2D eigenvalue weighted by molar-refractivity contribution is 7.80. The summed E-state index contributed by atoms with van der Waals surface area (Å²) in [6.07, 6.45) is 3.10. The Hall–Kier alpha value is -6.24. The van der Waals surface area contributed by atoms with Crippen LogP contribution in [0, 0.1) is 24.1 Å². The van der Waals surface area contributed by atoms with Gasteiger partial charge in [-0.2, -0.15) is 0 Å². The maximum absolute atomic E-state index is 15.5. The number of aryl methyl sites for hydroxylation is 1. The van der Waals surface area contributed by atoms with E-state index in [1.807, 2.05) is 69.6 Å². The van der Waals surface area contributed by atoms with Gasteiger partial charge in [0, 0.05) is 93.4 Å². The predicted octanol–water partition coefficient (Wildman–Crippen LogP) is 6.89. The second kappa shape index (κ2) is 24.7. The van der Waals surface area contributed by atoms with Gasteiger partial charge in [-0.25, -0.2) is 28.2 Å². The maximum Gasteiger partial charge on any atom is 0.246 e. The molecule has 1 unspecified atom stereocenters. The number of piperidine rings is 1. The highest BCUT2D eigenvalue weighted by atomic mass is 35.5. The third-order valence-electron chi connectivity index (χ3n) is 16.0. The Morgan fingerprint density at radius 2 is 1.64 bits per heavy atom. The predicted molar refractivity (Wildman–Crippen MR) is 308 cm³/mol. The number of hydrogen-bond donors (Lipinski definition) is 4. The number of piperazine rings is 1. The molecule has 430 valence electrons. The zero-order chi connectivity index (χ0) is 57.3. The van der Waals surface area contributed by atoms with E-state index in [2.05, 4.69) is 52.4 Å². The summed E-state index contributed by atoms with van der Waals surface area (Å²) in [5.74, 6) is -2.23. The number of thiazole rings is 1. The van der Waals surface area contributed by atoms with Crippen LogP contribution < -0.4 is 19.9 Å². The zero-order valence-electron chi connectivity index (χ0n) is 45.7. The number of halogens is 3. The van der Waals surface area contributed by atoms with E-state index in [1.165, 1.54) is 16.1 Å². The van der Waals surface area contributed by atoms with Crippen LogP contribution in [0.2, 0.25) is 5.02 Å². The van der Waals surface area contributed by atoms with Crippen LogP contribution in [0.25, 0.3) is 32.6 Å². The lowest BCUT2D eigenvalue weighted by Gasteiger charge is -2.40. The number of fused-ring (bicyclic) bond motifs is 1. The normalized spacial score (nSPS) is 20.4. The average molecular weight is 1170 g/mol. The molecule has 0 saturated carbocycles. The van der Waals surface area contributed by atoms with E-state index in [-0.39, 0.29) is 74.5 Å². The van der Waals surface area contributed by atoms with Crippen LogP contribution >= 0.6 is 22.9 Å². The van der Waals surface area contributed by atoms with Gasteiger partial charge in [-0.05, 0) is 97.6 Å². The minimum absolute atomic E-state index is 0.00466. The SMILES string of the molecule is Cc1ncsc1-c1ccc(CNC(=O)[C@@H]2C[C@@H](O)CN2C(=O)[C@@H](NC(=O)CN2CCC(CN3CCN(c4ccc(-c5cnc6[nH]cc(C(=O)c7c(F)ccc(N(N8CC[C@@H](F)C8)S(=O)[O-])c7Cl)c6c5)cc4)CC3)CC2)C(C)(C)C)cc1. The number of aliphatic hydroxyl groups is 1. The standard InChI is InChI=1S/C58H68ClF2N11O7S2/c1-35-53(80-34-65-35)39-7-5-36(6-8-39)27-64-56(76)48-26-43(73)32-71(48)57(77)54(58(2,3)4)66-49(74)33-67-18-15-37(16-19-67)30-68-21-23-69(24-22-68)42-11-9-38(10-12-42)40-25-44-45(29-63-55(44)62-28-40)52(75)50-46(61)13-14-47(51(50)59)72(81(78)79)70-20-17-41(60)31-70/h5-14,25,28-29,34,37,41,43,48,54,73H,15-24,26-27,30-33H2,1-4H3,(H,62,63)(H,64,76)(H,66,74)(H,78,79)/p-1/t41-,43-,48+,54-/m1/s1. The number of pyridine rings is 1. The van der Waals surface area contributed by atoms with Crippen LogP contribution in [0.4, 0.5) is 20.2 Å². The van der Waals surface area contributed by atoms with Gasteiger partial charge in [-0.3, -0.25) is 33.2 Å². The summed E-state index contributed by atoms with van der Waals surface area (Å²) in [6, 6.07) is 18.2. The molecule has 23 heteroatoms. The van der Waals surface area contributed by atoms with Crippen LogP contribution in [0.1, 0.15) is 73.6 Å². The summed E-state index contributed by atoms with van der Waals surface area (Å²) < 4.78 is 55.0. The molecule has 4 N–H and O–H groups in total. The van der Waals surface area contributed by atoms with Crippen molar-refractivity contribution in [2.45, 2.75) is 84.3 Å². The van der Waals surface area contributed by atoms with Crippen LogP contribution in [0.3, 0.4) is 0 Å². The van der Waals surface area contributed by atoms with E-state index >= 15 is 4.39 Å². The Kier molecular flexibility index (Phi) is 17.7. The number of H-pyrrole nitrogens is 1. The van der Waals surface area contributed by atoms with Crippen molar-refractivity contribution in [3.8, 4) is 21.6 Å². The molecular formula is C58H67ClF2N11O7S2-. The molecule has 4 aliphatic heterocycles. The number of hydrazine groups is 1. The minimum atomic E-state index is -2.93. The Bertz CT molecular complexity index is 3290. The number of ketones is 1. The molecule has 3 aromatic heterocycles. The van der Waals surface area contributed by atoms with E-state index in [1.54, 1.807) is 23.6 Å². The summed E-state index contributed by atoms with van der Waals surface area (Å²) in [7, 11) is 0. The first-order chi connectivity index (χ1) is 38.8. The molecule has 7 heterocycles. The molecule has 5 atom stereocenters. The molecule has 3 aromatic carbocycles. The highest BCUT2D eigenvalue weighted by Gasteiger charge is 2.45. The van der Waals surface area contributed by atoms with Crippen LogP contribution in [0.15, 0.2) is 84.6 Å². The number of nitrogens with zero attached hydrogens (tertiary/aromatic N) is 8. The monoisotopic (exact) mass is 1170 g/mol. The molecular weight excluding hydrogens is 1100 g/mol. The molecule has 4 fully saturated rings. The van der Waals surface area contributed by atoms with Crippen LogP contribution in [-0.4, -0.2) is 168 Å². The molecule has 4 saturated heterocycles. The van der Waals surface area contributed by atoms with Crippen LogP contribution in [0.5, 0.6) is 0 Å². The number of rotatable bonds is 17. The quantitative estimate of drug-likeness (QED) is 0.0542. The van der Waals surface area contributed by atoms with Crippen molar-refractivity contribution < 1.29 is 41.8 Å². The Morgan fingerprint density at radius 1 is 0.926 bits per heavy atom. The topological polar surface area (TPSA) is 214 Å². The molecule has 6 aromatic rings. The Labute approximate surface area is 481 Å². The van der Waals surface area contributed by atoms with Gasteiger partial charge in [0.2, 0.25) is 17.7 Å². The maximum atomic E-state index is 15.5. The van der Waals surface area contributed by atoms with Gasteiger partial charge >= 0.3 is 0 Å². The van der Waals surface area contributed by atoms with Crippen LogP contribution in [-0.2, 0) is 32.2 Å². The lowest BCUT2D eigenvalue weighted by atomic mass is 9.85. The van der Waals surface area contributed by atoms with E-state index in [4.69, 9.17) is 11.6 Å². The lowest BCUT2D eigenvalue weighted by molar-refractivity contribution is -0.144. The number of nitrogens with one attached hydrogen (secondary N) is 3. The molecule has 0 aliphatic carbocycles. The molecule has 0 radical (unpaired) electrons. The van der Waals surface area contributed by atoms with Crippen molar-refractivity contribution in [3.63, 3.8) is 0 Å². The number of carbonyl (C=O) groups is 4. The van der Waals surface area contributed by atoms with Gasteiger partial charge in [0.1, 0.15) is 29.7 Å². The lowest BCUT2D eigenvalue weighted by Crippen LogP contribution is -2.59. The van der Waals surface area contributed by atoms with E-state index < -0.39 is 63.2 Å². The summed E-state index contributed by atoms with van der Waals surface area (Å²) in [6.45, 7) is 13.9. The smallest absolute Gasteiger partial charge is 0.246 e. The van der Waals surface area contributed by atoms with Gasteiger partial charge in [0.15, 0.2) is 5.78 Å². The largest absolute Gasteiger partial charge is 0.754 e. The fourth-order valence-electron chi connectivity index (χ4n) is 11.5. The Balaban J connectivity index is 0.683. The second-order valence-corrected chi connectivity index (χ2v) is 24.7. The molecule has 0 spiro atoms. The van der Waals surface area contributed by atoms with Crippen molar-refractivity contribution in [3.05, 3.63) is 118 Å². The number of carbonyl (C=O) groups excluding carboxylic acids is 4. The number of aliphatic hydroxyl groups excluding tert-OH is 1. The van der Waals surface area contributed by atoms with E-state index in [0.717, 1.165) is 114 Å². The fourth-order valence-corrected chi connectivity index (χ4v) is 13.3. The minimum Gasteiger partial charge on any atom is -0.754 e. The van der Waals surface area contributed by atoms with Gasteiger partial charge in [0.25, 0.3) is 0 Å². The first-order valence-corrected chi connectivity index (χ1v) is 29.7. The molecule has 81 heavy (non-hydrogen) atoms. The number of aromatic nitrogens is 3. The second-order valence-electron chi connectivity index (χ2n) is 22.7.